The van der Waals surface area contributed by atoms with Crippen molar-refractivity contribution in [3.05, 3.63) is 12.0 Å². The van der Waals surface area contributed by atoms with Gasteiger partial charge in [-0.15, -0.1) is 0 Å². The van der Waals surface area contributed by atoms with Crippen LogP contribution in [0.2, 0.25) is 0 Å². The summed E-state index contributed by atoms with van der Waals surface area (Å²) in [5, 5.41) is 0.933. The lowest BCUT2D eigenvalue weighted by Gasteiger charge is -2.26. The summed E-state index contributed by atoms with van der Waals surface area (Å²) < 4.78 is 24.5. The molecule has 0 aliphatic rings. The van der Waals surface area contributed by atoms with E-state index in [4.69, 9.17) is 0 Å². The largest absolute Gasteiger partial charge is 0.233 e. The number of rotatable bonds is 4. The van der Waals surface area contributed by atoms with Gasteiger partial charge >= 0.3 is 0 Å². The van der Waals surface area contributed by atoms with Gasteiger partial charge < -0.3 is 0 Å². The lowest BCUT2D eigenvalue weighted by Crippen LogP contribution is -2.32. The van der Waals surface area contributed by atoms with Gasteiger partial charge in [-0.05, 0) is 11.3 Å². The van der Waals surface area contributed by atoms with Gasteiger partial charge in [0.15, 0.2) is 0 Å². The van der Waals surface area contributed by atoms with E-state index in [-0.39, 0.29) is 5.41 Å². The molecule has 78 valence electrons. The lowest BCUT2D eigenvalue weighted by molar-refractivity contribution is 0.263. The highest BCUT2D eigenvalue weighted by atomic mass is 32.2. The molecule has 0 aromatic rings. The van der Waals surface area contributed by atoms with Crippen LogP contribution in [-0.4, -0.2) is 15.0 Å². The second-order valence-corrected chi connectivity index (χ2v) is 6.04. The third kappa shape index (κ3) is 5.05. The van der Waals surface area contributed by atoms with E-state index in [1.807, 2.05) is 6.92 Å². The Bertz CT molecular complexity index is 262. The summed E-state index contributed by atoms with van der Waals surface area (Å²) in [6, 6.07) is 0. The standard InChI is InChI=1S/C9H19NO2S/c1-6-13(11,12)10-7-8(2)9(3,4)5/h6,8,10H,1,7H2,2-5H3. The molecular formula is C9H19NO2S. The topological polar surface area (TPSA) is 46.2 Å². The van der Waals surface area contributed by atoms with E-state index >= 15 is 0 Å². The molecule has 0 bridgehead atoms. The van der Waals surface area contributed by atoms with Crippen LogP contribution in [-0.2, 0) is 10.0 Å². The molecule has 0 heterocycles. The summed E-state index contributed by atoms with van der Waals surface area (Å²) in [6.45, 7) is 11.9. The molecule has 13 heavy (non-hydrogen) atoms. The summed E-state index contributed by atoms with van der Waals surface area (Å²) in [5.74, 6) is 0.294. The fourth-order valence-electron chi connectivity index (χ4n) is 0.606. The maximum absolute atomic E-state index is 11.0. The molecule has 0 radical (unpaired) electrons. The Morgan fingerprint density at radius 2 is 1.92 bits per heavy atom. The lowest BCUT2D eigenvalue weighted by atomic mass is 9.82. The van der Waals surface area contributed by atoms with Gasteiger partial charge in [0, 0.05) is 12.0 Å². The fourth-order valence-corrected chi connectivity index (χ4v) is 1.21. The highest BCUT2D eigenvalue weighted by Gasteiger charge is 2.20. The first-order valence-electron chi connectivity index (χ1n) is 4.31. The van der Waals surface area contributed by atoms with Crippen LogP contribution in [0.1, 0.15) is 27.7 Å². The Kier molecular flexibility index (Phi) is 4.13. The van der Waals surface area contributed by atoms with Crippen molar-refractivity contribution in [3.63, 3.8) is 0 Å². The van der Waals surface area contributed by atoms with Gasteiger partial charge in [0.1, 0.15) is 0 Å². The Hall–Kier alpha value is -0.350. The predicted molar refractivity (Wildman–Crippen MR) is 55.7 cm³/mol. The number of hydrogen-bond donors (Lipinski definition) is 1. The average molecular weight is 205 g/mol. The first-order valence-corrected chi connectivity index (χ1v) is 5.86. The molecule has 0 aliphatic carbocycles. The summed E-state index contributed by atoms with van der Waals surface area (Å²) in [6.07, 6.45) is 0. The Morgan fingerprint density at radius 1 is 1.46 bits per heavy atom. The van der Waals surface area contributed by atoms with Crippen molar-refractivity contribution in [2.24, 2.45) is 11.3 Å². The third-order valence-corrected chi connectivity index (χ3v) is 3.30. The highest BCUT2D eigenvalue weighted by Crippen LogP contribution is 2.24. The van der Waals surface area contributed by atoms with E-state index in [1.54, 1.807) is 0 Å². The predicted octanol–water partition coefficient (Wildman–Crippen LogP) is 1.73. The number of nitrogens with one attached hydrogen (secondary N) is 1. The van der Waals surface area contributed by atoms with Gasteiger partial charge in [-0.3, -0.25) is 0 Å². The summed E-state index contributed by atoms with van der Waals surface area (Å²) in [5.41, 5.74) is 0.115. The van der Waals surface area contributed by atoms with Gasteiger partial charge in [-0.1, -0.05) is 34.3 Å². The van der Waals surface area contributed by atoms with Crippen LogP contribution < -0.4 is 4.72 Å². The molecule has 0 rings (SSSR count). The van der Waals surface area contributed by atoms with Crippen molar-refractivity contribution in [2.45, 2.75) is 27.7 Å². The minimum Gasteiger partial charge on any atom is -0.211 e. The molecule has 1 unspecified atom stereocenters. The molecule has 0 fully saturated rings. The summed E-state index contributed by atoms with van der Waals surface area (Å²) in [7, 11) is -3.26. The van der Waals surface area contributed by atoms with Gasteiger partial charge in [0.25, 0.3) is 0 Å². The first kappa shape index (κ1) is 12.7. The summed E-state index contributed by atoms with van der Waals surface area (Å²) >= 11 is 0. The minimum absolute atomic E-state index is 0.115. The molecule has 0 saturated heterocycles. The maximum atomic E-state index is 11.0. The van der Waals surface area contributed by atoms with Crippen molar-refractivity contribution in [2.75, 3.05) is 6.54 Å². The van der Waals surface area contributed by atoms with E-state index < -0.39 is 10.0 Å². The van der Waals surface area contributed by atoms with Crippen LogP contribution in [0.3, 0.4) is 0 Å². The Balaban J connectivity index is 4.13. The van der Waals surface area contributed by atoms with Crippen molar-refractivity contribution in [1.82, 2.24) is 4.72 Å². The van der Waals surface area contributed by atoms with Crippen LogP contribution in [0, 0.1) is 11.3 Å². The van der Waals surface area contributed by atoms with Gasteiger partial charge in [-0.2, -0.15) is 0 Å². The molecule has 0 spiro atoms. The van der Waals surface area contributed by atoms with Crippen molar-refractivity contribution < 1.29 is 8.42 Å². The molecule has 4 heteroatoms. The molecule has 1 N–H and O–H groups in total. The second-order valence-electron chi connectivity index (χ2n) is 4.33. The second kappa shape index (κ2) is 4.24. The zero-order chi connectivity index (χ0) is 10.7. The quantitative estimate of drug-likeness (QED) is 0.759. The van der Waals surface area contributed by atoms with Gasteiger partial charge in [-0.25, -0.2) is 13.1 Å². The van der Waals surface area contributed by atoms with Crippen LogP contribution in [0.4, 0.5) is 0 Å². The van der Waals surface area contributed by atoms with E-state index in [1.165, 1.54) is 0 Å². The van der Waals surface area contributed by atoms with E-state index in [0.29, 0.717) is 12.5 Å². The van der Waals surface area contributed by atoms with Gasteiger partial charge in [0.05, 0.1) is 0 Å². The molecule has 0 aromatic carbocycles. The fraction of sp³-hybridized carbons (Fsp3) is 0.778. The van der Waals surface area contributed by atoms with Crippen molar-refractivity contribution >= 4 is 10.0 Å². The molecule has 0 saturated carbocycles. The van der Waals surface area contributed by atoms with E-state index in [2.05, 4.69) is 32.1 Å². The number of sulfonamides is 1. The van der Waals surface area contributed by atoms with Crippen LogP contribution >= 0.6 is 0 Å². The Morgan fingerprint density at radius 3 is 2.23 bits per heavy atom. The smallest absolute Gasteiger partial charge is 0.211 e. The van der Waals surface area contributed by atoms with Crippen molar-refractivity contribution in [3.8, 4) is 0 Å². The zero-order valence-corrected chi connectivity index (χ0v) is 9.61. The van der Waals surface area contributed by atoms with Crippen molar-refractivity contribution in [1.29, 1.82) is 0 Å². The first-order chi connectivity index (χ1) is 5.69. The monoisotopic (exact) mass is 205 g/mol. The molecule has 3 nitrogen and oxygen atoms in total. The summed E-state index contributed by atoms with van der Waals surface area (Å²) in [4.78, 5) is 0. The third-order valence-electron chi connectivity index (χ3n) is 2.29. The highest BCUT2D eigenvalue weighted by molar-refractivity contribution is 7.92. The zero-order valence-electron chi connectivity index (χ0n) is 8.79. The SMILES string of the molecule is C=CS(=O)(=O)NCC(C)C(C)(C)C. The van der Waals surface area contributed by atoms with E-state index in [9.17, 15) is 8.42 Å². The number of hydrogen-bond acceptors (Lipinski definition) is 2. The van der Waals surface area contributed by atoms with Crippen LogP contribution in [0.5, 0.6) is 0 Å². The Labute approximate surface area is 81.3 Å². The normalized spacial score (nSPS) is 15.4. The molecule has 1 atom stereocenters. The van der Waals surface area contributed by atoms with Crippen LogP contribution in [0.25, 0.3) is 0 Å². The minimum atomic E-state index is -3.26. The van der Waals surface area contributed by atoms with Gasteiger partial charge in [0.2, 0.25) is 10.0 Å². The maximum Gasteiger partial charge on any atom is 0.233 e. The average Bonchev–Trinajstić information content (AvgIpc) is 1.98. The molecule has 0 aliphatic heterocycles. The molecule has 0 aromatic heterocycles. The molecule has 0 amide bonds. The van der Waals surface area contributed by atoms with E-state index in [0.717, 1.165) is 5.41 Å². The van der Waals surface area contributed by atoms with Crippen LogP contribution in [0.15, 0.2) is 12.0 Å². The molecular weight excluding hydrogens is 186 g/mol.